The zero-order valence-electron chi connectivity index (χ0n) is 12.1. The van der Waals surface area contributed by atoms with Crippen molar-refractivity contribution < 1.29 is 9.18 Å². The average Bonchev–Trinajstić information content (AvgIpc) is 2.80. The number of benzene rings is 1. The number of hydrogen-bond acceptors (Lipinski definition) is 3. The van der Waals surface area contributed by atoms with Gasteiger partial charge in [0.2, 0.25) is 0 Å². The van der Waals surface area contributed by atoms with Gasteiger partial charge in [0.25, 0.3) is 5.91 Å². The van der Waals surface area contributed by atoms with E-state index in [9.17, 15) is 9.18 Å². The van der Waals surface area contributed by atoms with Gasteiger partial charge >= 0.3 is 0 Å². The van der Waals surface area contributed by atoms with E-state index in [2.05, 4.69) is 5.32 Å². The minimum Gasteiger partial charge on any atom is -0.351 e. The second kappa shape index (κ2) is 7.61. The molecule has 0 atom stereocenters. The topological polar surface area (TPSA) is 29.1 Å². The maximum atomic E-state index is 12.8. The van der Waals surface area contributed by atoms with Gasteiger partial charge < -0.3 is 5.32 Å². The average molecular weight is 323 g/mol. The minimum atomic E-state index is -0.215. The van der Waals surface area contributed by atoms with Crippen molar-refractivity contribution in [3.05, 3.63) is 51.5 Å². The molecule has 0 aliphatic heterocycles. The maximum Gasteiger partial charge on any atom is 0.261 e. The van der Waals surface area contributed by atoms with Crippen molar-refractivity contribution in [2.75, 3.05) is 12.3 Å². The smallest absolute Gasteiger partial charge is 0.261 e. The normalized spacial score (nSPS) is 10.6. The summed E-state index contributed by atoms with van der Waals surface area (Å²) in [7, 11) is 0. The lowest BCUT2D eigenvalue weighted by Gasteiger charge is -2.04. The van der Waals surface area contributed by atoms with E-state index in [1.807, 2.05) is 19.9 Å². The molecule has 0 aliphatic rings. The van der Waals surface area contributed by atoms with Gasteiger partial charge in [0, 0.05) is 16.3 Å². The van der Waals surface area contributed by atoms with E-state index in [1.165, 1.54) is 28.3 Å². The van der Waals surface area contributed by atoms with Gasteiger partial charge in [-0.25, -0.2) is 4.39 Å². The van der Waals surface area contributed by atoms with Crippen LogP contribution in [0.25, 0.3) is 0 Å². The molecule has 0 spiro atoms. The Bertz CT molecular complexity index is 588. The van der Waals surface area contributed by atoms with E-state index in [1.54, 1.807) is 23.9 Å². The highest BCUT2D eigenvalue weighted by Gasteiger charge is 2.09. The van der Waals surface area contributed by atoms with Crippen LogP contribution in [0.2, 0.25) is 0 Å². The van der Waals surface area contributed by atoms with Gasteiger partial charge in [-0.1, -0.05) is 0 Å². The number of thioether (sulfide) groups is 1. The van der Waals surface area contributed by atoms with Gasteiger partial charge in [-0.05, 0) is 61.9 Å². The predicted octanol–water partition coefficient (Wildman–Crippen LogP) is 4.42. The Morgan fingerprint density at radius 3 is 2.62 bits per heavy atom. The monoisotopic (exact) mass is 323 g/mol. The summed E-state index contributed by atoms with van der Waals surface area (Å²) in [5.74, 6) is 0.685. The van der Waals surface area contributed by atoms with Gasteiger partial charge in [-0.2, -0.15) is 0 Å². The second-order valence-electron chi connectivity index (χ2n) is 4.76. The van der Waals surface area contributed by atoms with Crippen LogP contribution >= 0.6 is 23.1 Å². The van der Waals surface area contributed by atoms with Crippen LogP contribution in [0.3, 0.4) is 0 Å². The third kappa shape index (κ3) is 4.86. The Hall–Kier alpha value is -1.33. The first-order valence-corrected chi connectivity index (χ1v) is 8.60. The summed E-state index contributed by atoms with van der Waals surface area (Å²) in [6.07, 6.45) is 0.886. The van der Waals surface area contributed by atoms with Gasteiger partial charge in [0.05, 0.1) is 4.88 Å². The molecule has 0 saturated heterocycles. The summed E-state index contributed by atoms with van der Waals surface area (Å²) in [5, 5.41) is 2.93. The van der Waals surface area contributed by atoms with E-state index in [-0.39, 0.29) is 11.7 Å². The quantitative estimate of drug-likeness (QED) is 0.630. The maximum absolute atomic E-state index is 12.8. The van der Waals surface area contributed by atoms with E-state index in [0.717, 1.165) is 27.5 Å². The summed E-state index contributed by atoms with van der Waals surface area (Å²) >= 11 is 3.20. The van der Waals surface area contributed by atoms with Crippen LogP contribution in [0.4, 0.5) is 4.39 Å². The first-order valence-electron chi connectivity index (χ1n) is 6.80. The predicted molar refractivity (Wildman–Crippen MR) is 87.9 cm³/mol. The zero-order valence-corrected chi connectivity index (χ0v) is 13.7. The molecular weight excluding hydrogens is 305 g/mol. The summed E-state index contributed by atoms with van der Waals surface area (Å²) in [6.45, 7) is 4.70. The molecule has 1 amide bonds. The second-order valence-corrected chi connectivity index (χ2v) is 7.19. The number of halogens is 1. The summed E-state index contributed by atoms with van der Waals surface area (Å²) < 4.78 is 12.8. The molecule has 2 nitrogen and oxygen atoms in total. The number of carbonyl (C=O) groups excluding carboxylic acids is 1. The van der Waals surface area contributed by atoms with Crippen LogP contribution in [0.5, 0.6) is 0 Å². The Labute approximate surface area is 132 Å². The molecular formula is C16H18FNOS2. The third-order valence-electron chi connectivity index (χ3n) is 3.08. The van der Waals surface area contributed by atoms with Crippen molar-refractivity contribution in [1.82, 2.24) is 5.32 Å². The van der Waals surface area contributed by atoms with Crippen LogP contribution < -0.4 is 5.32 Å². The van der Waals surface area contributed by atoms with Crippen LogP contribution in [0.15, 0.2) is 35.2 Å². The number of nitrogens with one attached hydrogen (secondary N) is 1. The van der Waals surface area contributed by atoms with Gasteiger partial charge in [-0.3, -0.25) is 4.79 Å². The van der Waals surface area contributed by atoms with Crippen LogP contribution in [0.1, 0.15) is 26.5 Å². The molecule has 0 radical (unpaired) electrons. The molecule has 1 N–H and O–H groups in total. The van der Waals surface area contributed by atoms with Gasteiger partial charge in [0.1, 0.15) is 5.82 Å². The van der Waals surface area contributed by atoms with E-state index >= 15 is 0 Å². The van der Waals surface area contributed by atoms with Gasteiger partial charge in [-0.15, -0.1) is 23.1 Å². The Morgan fingerprint density at radius 1 is 1.29 bits per heavy atom. The highest BCUT2D eigenvalue weighted by Crippen LogP contribution is 2.21. The molecule has 1 heterocycles. The van der Waals surface area contributed by atoms with Crippen LogP contribution in [-0.4, -0.2) is 18.2 Å². The first-order chi connectivity index (χ1) is 10.1. The molecule has 0 aliphatic carbocycles. The number of amides is 1. The summed E-state index contributed by atoms with van der Waals surface area (Å²) in [4.78, 5) is 14.9. The molecule has 112 valence electrons. The molecule has 2 rings (SSSR count). The molecule has 2 aromatic rings. The Balaban J connectivity index is 1.67. The van der Waals surface area contributed by atoms with E-state index in [4.69, 9.17) is 0 Å². The molecule has 1 aromatic heterocycles. The zero-order chi connectivity index (χ0) is 15.2. The summed E-state index contributed by atoms with van der Waals surface area (Å²) in [5.41, 5.74) is 1.16. The van der Waals surface area contributed by atoms with E-state index in [0.29, 0.717) is 6.54 Å². The van der Waals surface area contributed by atoms with Crippen molar-refractivity contribution >= 4 is 29.0 Å². The number of thiophene rings is 1. The minimum absolute atomic E-state index is 0.00276. The highest BCUT2D eigenvalue weighted by atomic mass is 32.2. The standard InChI is InChI=1S/C16H18FNOS2/c1-11-10-15(21-12(11)2)16(19)18-8-3-9-20-14-6-4-13(17)5-7-14/h4-7,10H,3,8-9H2,1-2H3,(H,18,19). The molecule has 0 saturated carbocycles. The Morgan fingerprint density at radius 2 is 2.00 bits per heavy atom. The largest absolute Gasteiger partial charge is 0.351 e. The number of aryl methyl sites for hydroxylation is 2. The fourth-order valence-corrected chi connectivity index (χ4v) is 3.57. The molecule has 0 fully saturated rings. The molecule has 1 aromatic carbocycles. The Kier molecular flexibility index (Phi) is 5.82. The molecule has 0 unspecified atom stereocenters. The lowest BCUT2D eigenvalue weighted by molar-refractivity contribution is 0.0958. The fourth-order valence-electron chi connectivity index (χ4n) is 1.77. The summed E-state index contributed by atoms with van der Waals surface area (Å²) in [6, 6.07) is 8.41. The van der Waals surface area contributed by atoms with Crippen molar-refractivity contribution in [2.24, 2.45) is 0 Å². The van der Waals surface area contributed by atoms with Gasteiger partial charge in [0.15, 0.2) is 0 Å². The highest BCUT2D eigenvalue weighted by molar-refractivity contribution is 7.99. The lowest BCUT2D eigenvalue weighted by atomic mass is 10.3. The number of hydrogen-bond donors (Lipinski definition) is 1. The molecule has 21 heavy (non-hydrogen) atoms. The third-order valence-corrected chi connectivity index (χ3v) is 5.33. The fraction of sp³-hybridized carbons (Fsp3) is 0.312. The van der Waals surface area contributed by atoms with Crippen LogP contribution in [-0.2, 0) is 0 Å². The number of rotatable bonds is 6. The molecule has 5 heteroatoms. The van der Waals surface area contributed by atoms with Crippen molar-refractivity contribution in [3.8, 4) is 0 Å². The van der Waals surface area contributed by atoms with Crippen molar-refractivity contribution in [2.45, 2.75) is 25.2 Å². The SMILES string of the molecule is Cc1cc(C(=O)NCCCSc2ccc(F)cc2)sc1C. The van der Waals surface area contributed by atoms with Crippen molar-refractivity contribution in [3.63, 3.8) is 0 Å². The van der Waals surface area contributed by atoms with Crippen LogP contribution in [0, 0.1) is 19.7 Å². The number of carbonyl (C=O) groups is 1. The van der Waals surface area contributed by atoms with E-state index < -0.39 is 0 Å². The van der Waals surface area contributed by atoms with Crippen molar-refractivity contribution in [1.29, 1.82) is 0 Å². The first kappa shape index (κ1) is 16.0. The molecule has 0 bridgehead atoms. The lowest BCUT2D eigenvalue weighted by Crippen LogP contribution is -2.23.